The van der Waals surface area contributed by atoms with E-state index in [1.54, 1.807) is 0 Å². The van der Waals surface area contributed by atoms with Crippen molar-refractivity contribution in [3.8, 4) is 0 Å². The summed E-state index contributed by atoms with van der Waals surface area (Å²) in [5.41, 5.74) is 5.02. The second-order valence-electron chi connectivity index (χ2n) is 4.93. The first-order valence-corrected chi connectivity index (χ1v) is 5.05. The number of amides is 2. The van der Waals surface area contributed by atoms with Gasteiger partial charge < -0.3 is 16.0 Å². The van der Waals surface area contributed by atoms with Crippen molar-refractivity contribution in [1.29, 1.82) is 5.41 Å². The molecule has 5 nitrogen and oxygen atoms in total. The summed E-state index contributed by atoms with van der Waals surface area (Å²) in [6, 6.07) is -0.163. The number of hydrogen-bond donors (Lipinski definition) is 3. The van der Waals surface area contributed by atoms with E-state index in [4.69, 9.17) is 11.1 Å². The van der Waals surface area contributed by atoms with Crippen LogP contribution in [0.4, 0.5) is 4.79 Å². The zero-order valence-corrected chi connectivity index (χ0v) is 10.2. The Labute approximate surface area is 91.5 Å². The summed E-state index contributed by atoms with van der Waals surface area (Å²) in [5, 5.41) is 10.0. The van der Waals surface area contributed by atoms with E-state index >= 15 is 0 Å². The third kappa shape index (κ3) is 5.93. The van der Waals surface area contributed by atoms with Gasteiger partial charge in [0.2, 0.25) is 0 Å². The standard InChI is InChI=1S/C10H22N4O/c1-7(2)14(6-8(11)12)9(15)13-10(3,4)5/h7H,6H2,1-5H3,(H3,11,12)(H,13,15). The summed E-state index contributed by atoms with van der Waals surface area (Å²) in [6.45, 7) is 9.70. The van der Waals surface area contributed by atoms with E-state index in [2.05, 4.69) is 5.32 Å². The van der Waals surface area contributed by atoms with Crippen LogP contribution >= 0.6 is 0 Å². The van der Waals surface area contributed by atoms with Crippen molar-refractivity contribution in [1.82, 2.24) is 10.2 Å². The monoisotopic (exact) mass is 214 g/mol. The first kappa shape index (κ1) is 13.7. The smallest absolute Gasteiger partial charge is 0.318 e. The van der Waals surface area contributed by atoms with Crippen LogP contribution in [0.1, 0.15) is 34.6 Å². The fraction of sp³-hybridized carbons (Fsp3) is 0.800. The van der Waals surface area contributed by atoms with Gasteiger partial charge in [0, 0.05) is 11.6 Å². The SMILES string of the molecule is CC(C)N(CC(=N)N)C(=O)NC(C)(C)C. The molecule has 0 saturated heterocycles. The van der Waals surface area contributed by atoms with Gasteiger partial charge in [-0.05, 0) is 34.6 Å². The van der Waals surface area contributed by atoms with E-state index in [1.807, 2.05) is 34.6 Å². The van der Waals surface area contributed by atoms with Crippen LogP contribution < -0.4 is 11.1 Å². The third-order valence-electron chi connectivity index (χ3n) is 1.71. The largest absolute Gasteiger partial charge is 0.386 e. The van der Waals surface area contributed by atoms with Crippen LogP contribution in [0.25, 0.3) is 0 Å². The molecule has 0 bridgehead atoms. The predicted octanol–water partition coefficient (Wildman–Crippen LogP) is 1.14. The molecule has 15 heavy (non-hydrogen) atoms. The molecule has 0 fully saturated rings. The van der Waals surface area contributed by atoms with Gasteiger partial charge in [0.05, 0.1) is 6.54 Å². The van der Waals surface area contributed by atoms with Crippen LogP contribution in [0, 0.1) is 5.41 Å². The molecule has 0 rings (SSSR count). The van der Waals surface area contributed by atoms with Gasteiger partial charge in [-0.2, -0.15) is 0 Å². The van der Waals surface area contributed by atoms with Crippen molar-refractivity contribution in [2.45, 2.75) is 46.2 Å². The molecule has 0 aliphatic rings. The second-order valence-corrected chi connectivity index (χ2v) is 4.93. The van der Waals surface area contributed by atoms with Gasteiger partial charge in [0.15, 0.2) is 0 Å². The Balaban J connectivity index is 4.50. The van der Waals surface area contributed by atoms with Crippen molar-refractivity contribution in [2.75, 3.05) is 6.54 Å². The Hall–Kier alpha value is -1.26. The van der Waals surface area contributed by atoms with E-state index in [-0.39, 0.29) is 30.0 Å². The lowest BCUT2D eigenvalue weighted by atomic mass is 10.1. The van der Waals surface area contributed by atoms with Gasteiger partial charge in [-0.15, -0.1) is 0 Å². The molecule has 4 N–H and O–H groups in total. The molecule has 0 saturated carbocycles. The maximum atomic E-state index is 11.8. The fourth-order valence-corrected chi connectivity index (χ4v) is 1.07. The summed E-state index contributed by atoms with van der Waals surface area (Å²) in [6.07, 6.45) is 0. The Morgan fingerprint density at radius 2 is 1.93 bits per heavy atom. The van der Waals surface area contributed by atoms with Crippen molar-refractivity contribution < 1.29 is 4.79 Å². The minimum absolute atomic E-state index is 0.00670. The minimum atomic E-state index is -0.277. The van der Waals surface area contributed by atoms with E-state index in [0.717, 1.165) is 0 Å². The molecule has 5 heteroatoms. The number of carbonyl (C=O) groups is 1. The van der Waals surface area contributed by atoms with Crippen molar-refractivity contribution in [3.63, 3.8) is 0 Å². The number of carbonyl (C=O) groups excluding carboxylic acids is 1. The average molecular weight is 214 g/mol. The average Bonchev–Trinajstić information content (AvgIpc) is 1.95. The van der Waals surface area contributed by atoms with Crippen LogP contribution in [-0.4, -0.2) is 34.9 Å². The van der Waals surface area contributed by atoms with Crippen LogP contribution in [-0.2, 0) is 0 Å². The molecular formula is C10H22N4O. The first-order chi connectivity index (χ1) is 6.63. The van der Waals surface area contributed by atoms with Gasteiger partial charge in [-0.25, -0.2) is 4.79 Å². The molecule has 0 unspecified atom stereocenters. The zero-order chi connectivity index (χ0) is 12.2. The first-order valence-electron chi connectivity index (χ1n) is 5.05. The Morgan fingerprint density at radius 1 is 1.47 bits per heavy atom. The molecule has 0 atom stereocenters. The topological polar surface area (TPSA) is 82.2 Å². The molecule has 0 spiro atoms. The number of amidine groups is 1. The van der Waals surface area contributed by atoms with Gasteiger partial charge >= 0.3 is 6.03 Å². The van der Waals surface area contributed by atoms with Crippen LogP contribution in [0.5, 0.6) is 0 Å². The third-order valence-corrected chi connectivity index (χ3v) is 1.71. The number of urea groups is 1. The lowest BCUT2D eigenvalue weighted by Gasteiger charge is -2.30. The molecule has 0 aliphatic carbocycles. The van der Waals surface area contributed by atoms with Crippen molar-refractivity contribution >= 4 is 11.9 Å². The number of nitrogens with zero attached hydrogens (tertiary/aromatic N) is 1. The number of hydrogen-bond acceptors (Lipinski definition) is 2. The number of nitrogens with two attached hydrogens (primary N) is 1. The zero-order valence-electron chi connectivity index (χ0n) is 10.2. The predicted molar refractivity (Wildman–Crippen MR) is 62.0 cm³/mol. The summed E-state index contributed by atoms with van der Waals surface area (Å²) in [7, 11) is 0. The molecule has 0 aromatic heterocycles. The molecule has 0 aromatic rings. The second kappa shape index (κ2) is 5.00. The quantitative estimate of drug-likeness (QED) is 0.486. The molecule has 0 aliphatic heterocycles. The lowest BCUT2D eigenvalue weighted by molar-refractivity contribution is 0.183. The van der Waals surface area contributed by atoms with Crippen LogP contribution in [0.2, 0.25) is 0 Å². The molecule has 88 valence electrons. The molecule has 0 aromatic carbocycles. The maximum absolute atomic E-state index is 11.8. The highest BCUT2D eigenvalue weighted by molar-refractivity contribution is 5.85. The van der Waals surface area contributed by atoms with E-state index in [0.29, 0.717) is 0 Å². The van der Waals surface area contributed by atoms with Gasteiger partial charge in [0.25, 0.3) is 0 Å². The van der Waals surface area contributed by atoms with Crippen LogP contribution in [0.15, 0.2) is 0 Å². The van der Waals surface area contributed by atoms with Crippen LogP contribution in [0.3, 0.4) is 0 Å². The van der Waals surface area contributed by atoms with Gasteiger partial charge in [0.1, 0.15) is 5.84 Å². The van der Waals surface area contributed by atoms with Gasteiger partial charge in [-0.1, -0.05) is 0 Å². The Kier molecular flexibility index (Phi) is 4.58. The molecule has 2 amide bonds. The summed E-state index contributed by atoms with van der Waals surface area (Å²) in [4.78, 5) is 13.3. The molecular weight excluding hydrogens is 192 g/mol. The van der Waals surface area contributed by atoms with E-state index in [9.17, 15) is 4.79 Å². The van der Waals surface area contributed by atoms with E-state index in [1.165, 1.54) is 4.90 Å². The van der Waals surface area contributed by atoms with Gasteiger partial charge in [-0.3, -0.25) is 5.41 Å². The fourth-order valence-electron chi connectivity index (χ4n) is 1.07. The van der Waals surface area contributed by atoms with E-state index < -0.39 is 0 Å². The lowest BCUT2D eigenvalue weighted by Crippen LogP contribution is -2.52. The highest BCUT2D eigenvalue weighted by Crippen LogP contribution is 2.04. The highest BCUT2D eigenvalue weighted by Gasteiger charge is 2.21. The maximum Gasteiger partial charge on any atom is 0.318 e. The normalized spacial score (nSPS) is 11.3. The Morgan fingerprint density at radius 3 is 2.20 bits per heavy atom. The summed E-state index contributed by atoms with van der Waals surface area (Å²) < 4.78 is 0. The number of rotatable bonds is 3. The summed E-state index contributed by atoms with van der Waals surface area (Å²) >= 11 is 0. The number of nitrogens with one attached hydrogen (secondary N) is 2. The Bertz CT molecular complexity index is 242. The van der Waals surface area contributed by atoms with Crippen molar-refractivity contribution in [2.24, 2.45) is 5.73 Å². The highest BCUT2D eigenvalue weighted by atomic mass is 16.2. The minimum Gasteiger partial charge on any atom is -0.386 e. The van der Waals surface area contributed by atoms with Crippen molar-refractivity contribution in [3.05, 3.63) is 0 Å². The molecule has 0 radical (unpaired) electrons. The summed E-state index contributed by atoms with van der Waals surface area (Å²) in [5.74, 6) is -0.00670. The molecule has 0 heterocycles.